The van der Waals surface area contributed by atoms with Gasteiger partial charge in [0.05, 0.1) is 7.11 Å². The number of piperidine rings is 1. The SMILES string of the molecule is COc1ccc(N(Cc2cnccc2C)C2CCN([C@H](C)CCNC(=O)c3c(C)cc(CNC(C)=O)cc3C)CC2)cc1. The molecule has 1 saturated heterocycles. The Morgan fingerprint density at radius 1 is 1.02 bits per heavy atom. The van der Waals surface area contributed by atoms with Gasteiger partial charge in [-0.25, -0.2) is 0 Å². The molecule has 0 spiro atoms. The number of hydrogen-bond donors (Lipinski definition) is 2. The van der Waals surface area contributed by atoms with Gasteiger partial charge in [0.1, 0.15) is 5.75 Å². The summed E-state index contributed by atoms with van der Waals surface area (Å²) in [6.07, 6.45) is 6.89. The Morgan fingerprint density at radius 2 is 1.70 bits per heavy atom. The summed E-state index contributed by atoms with van der Waals surface area (Å²) < 4.78 is 5.40. The molecule has 0 radical (unpaired) electrons. The molecule has 4 rings (SSSR count). The number of ether oxygens (including phenoxy) is 1. The summed E-state index contributed by atoms with van der Waals surface area (Å²) in [7, 11) is 1.70. The average Bonchev–Trinajstić information content (AvgIpc) is 2.99. The van der Waals surface area contributed by atoms with E-state index in [1.807, 2.05) is 50.5 Å². The molecular formula is C35H47N5O3. The van der Waals surface area contributed by atoms with E-state index in [4.69, 9.17) is 4.74 Å². The number of carbonyl (C=O) groups is 2. The lowest BCUT2D eigenvalue weighted by atomic mass is 9.98. The molecule has 0 saturated carbocycles. The van der Waals surface area contributed by atoms with Crippen LogP contribution < -0.4 is 20.3 Å². The number of likely N-dealkylation sites (tertiary alicyclic amines) is 1. The third-order valence-corrected chi connectivity index (χ3v) is 8.66. The maximum absolute atomic E-state index is 13.1. The number of anilines is 1. The van der Waals surface area contributed by atoms with E-state index in [0.29, 0.717) is 25.2 Å². The molecule has 1 aliphatic rings. The zero-order chi connectivity index (χ0) is 30.9. The van der Waals surface area contributed by atoms with E-state index >= 15 is 0 Å². The quantitative estimate of drug-likeness (QED) is 0.299. The third kappa shape index (κ3) is 8.57. The van der Waals surface area contributed by atoms with Gasteiger partial charge in [0.2, 0.25) is 5.91 Å². The molecule has 2 amide bonds. The highest BCUT2D eigenvalue weighted by Crippen LogP contribution is 2.29. The first kappa shape index (κ1) is 32.0. The molecule has 0 aliphatic carbocycles. The van der Waals surface area contributed by atoms with Crippen molar-refractivity contribution in [2.24, 2.45) is 0 Å². The highest BCUT2D eigenvalue weighted by atomic mass is 16.5. The molecule has 2 aromatic carbocycles. The van der Waals surface area contributed by atoms with Crippen molar-refractivity contribution in [2.45, 2.75) is 79.1 Å². The second-order valence-corrected chi connectivity index (χ2v) is 11.8. The van der Waals surface area contributed by atoms with Gasteiger partial charge in [0.15, 0.2) is 0 Å². The number of aryl methyl sites for hydroxylation is 3. The van der Waals surface area contributed by atoms with Crippen molar-refractivity contribution in [3.8, 4) is 5.75 Å². The van der Waals surface area contributed by atoms with Gasteiger partial charge < -0.3 is 25.2 Å². The minimum absolute atomic E-state index is 0.0344. The van der Waals surface area contributed by atoms with Gasteiger partial charge in [-0.05, 0) is 105 Å². The van der Waals surface area contributed by atoms with Crippen LogP contribution in [0.4, 0.5) is 5.69 Å². The van der Waals surface area contributed by atoms with Crippen molar-refractivity contribution in [3.63, 3.8) is 0 Å². The number of nitrogens with one attached hydrogen (secondary N) is 2. The molecule has 1 atom stereocenters. The summed E-state index contributed by atoms with van der Waals surface area (Å²) in [5.41, 5.74) is 7.28. The van der Waals surface area contributed by atoms with Crippen LogP contribution in [-0.2, 0) is 17.9 Å². The first-order valence-electron chi connectivity index (χ1n) is 15.3. The molecule has 43 heavy (non-hydrogen) atoms. The van der Waals surface area contributed by atoms with Crippen LogP contribution in [0.5, 0.6) is 5.75 Å². The van der Waals surface area contributed by atoms with Crippen LogP contribution in [0.2, 0.25) is 0 Å². The Hall–Kier alpha value is -3.91. The van der Waals surface area contributed by atoms with Crippen LogP contribution in [0.25, 0.3) is 0 Å². The number of nitrogens with zero attached hydrogens (tertiary/aromatic N) is 3. The fourth-order valence-corrected chi connectivity index (χ4v) is 6.09. The molecular weight excluding hydrogens is 538 g/mol. The van der Waals surface area contributed by atoms with Gasteiger partial charge in [-0.2, -0.15) is 0 Å². The highest BCUT2D eigenvalue weighted by Gasteiger charge is 2.28. The topological polar surface area (TPSA) is 86.8 Å². The zero-order valence-corrected chi connectivity index (χ0v) is 26.6. The molecule has 2 heterocycles. The summed E-state index contributed by atoms with van der Waals surface area (Å²) in [4.78, 5) is 33.8. The number of aromatic nitrogens is 1. The van der Waals surface area contributed by atoms with Crippen molar-refractivity contribution in [3.05, 3.63) is 88.2 Å². The van der Waals surface area contributed by atoms with Gasteiger partial charge in [-0.1, -0.05) is 12.1 Å². The number of benzene rings is 2. The van der Waals surface area contributed by atoms with Crippen LogP contribution >= 0.6 is 0 Å². The maximum Gasteiger partial charge on any atom is 0.251 e. The summed E-state index contributed by atoms with van der Waals surface area (Å²) in [6.45, 7) is 13.8. The summed E-state index contributed by atoms with van der Waals surface area (Å²) >= 11 is 0. The molecule has 1 fully saturated rings. The number of methoxy groups -OCH3 is 1. The van der Waals surface area contributed by atoms with Crippen molar-refractivity contribution in [1.82, 2.24) is 20.5 Å². The van der Waals surface area contributed by atoms with Crippen LogP contribution in [0.1, 0.15) is 71.3 Å². The minimum Gasteiger partial charge on any atom is -0.497 e. The Kier molecular flexibility index (Phi) is 11.2. The number of carbonyl (C=O) groups excluding carboxylic acids is 2. The summed E-state index contributed by atoms with van der Waals surface area (Å²) in [5.74, 6) is 0.763. The van der Waals surface area contributed by atoms with Crippen LogP contribution in [-0.4, -0.2) is 60.5 Å². The van der Waals surface area contributed by atoms with E-state index in [1.54, 1.807) is 7.11 Å². The minimum atomic E-state index is -0.0649. The number of pyridine rings is 1. The van der Waals surface area contributed by atoms with Crippen molar-refractivity contribution >= 4 is 17.5 Å². The van der Waals surface area contributed by atoms with E-state index in [1.165, 1.54) is 23.7 Å². The molecule has 3 aromatic rings. The van der Waals surface area contributed by atoms with Crippen molar-refractivity contribution in [1.29, 1.82) is 0 Å². The Labute approximate surface area is 256 Å². The van der Waals surface area contributed by atoms with Crippen LogP contribution in [0.3, 0.4) is 0 Å². The van der Waals surface area contributed by atoms with E-state index < -0.39 is 0 Å². The largest absolute Gasteiger partial charge is 0.497 e. The van der Waals surface area contributed by atoms with Gasteiger partial charge in [-0.15, -0.1) is 0 Å². The van der Waals surface area contributed by atoms with Gasteiger partial charge in [0.25, 0.3) is 5.91 Å². The molecule has 230 valence electrons. The van der Waals surface area contributed by atoms with Gasteiger partial charge >= 0.3 is 0 Å². The average molecular weight is 586 g/mol. The Bertz CT molecular complexity index is 1360. The molecule has 1 aliphatic heterocycles. The summed E-state index contributed by atoms with van der Waals surface area (Å²) in [5, 5.41) is 5.97. The first-order chi connectivity index (χ1) is 20.7. The predicted octanol–water partition coefficient (Wildman–Crippen LogP) is 5.33. The van der Waals surface area contributed by atoms with Gasteiger partial charge in [-0.3, -0.25) is 14.6 Å². The van der Waals surface area contributed by atoms with Crippen molar-refractivity contribution < 1.29 is 14.3 Å². The lowest BCUT2D eigenvalue weighted by molar-refractivity contribution is -0.119. The van der Waals surface area contributed by atoms with Crippen LogP contribution in [0, 0.1) is 20.8 Å². The number of rotatable bonds is 12. The van der Waals surface area contributed by atoms with E-state index in [-0.39, 0.29) is 11.8 Å². The monoisotopic (exact) mass is 585 g/mol. The smallest absolute Gasteiger partial charge is 0.251 e. The van der Waals surface area contributed by atoms with Crippen LogP contribution in [0.15, 0.2) is 54.9 Å². The number of hydrogen-bond acceptors (Lipinski definition) is 6. The predicted molar refractivity (Wildman–Crippen MR) is 173 cm³/mol. The lowest BCUT2D eigenvalue weighted by Gasteiger charge is -2.42. The molecule has 0 unspecified atom stereocenters. The summed E-state index contributed by atoms with van der Waals surface area (Å²) in [6, 6.07) is 15.2. The lowest BCUT2D eigenvalue weighted by Crippen LogP contribution is -2.48. The second kappa shape index (κ2) is 15.0. The zero-order valence-electron chi connectivity index (χ0n) is 26.6. The second-order valence-electron chi connectivity index (χ2n) is 11.8. The Balaban J connectivity index is 1.31. The molecule has 2 N–H and O–H groups in total. The van der Waals surface area contributed by atoms with E-state index in [2.05, 4.69) is 57.5 Å². The maximum atomic E-state index is 13.1. The molecule has 1 aromatic heterocycles. The fraction of sp³-hybridized carbons (Fsp3) is 0.457. The molecule has 8 nitrogen and oxygen atoms in total. The number of amides is 2. The standard InChI is InChI=1S/C35H47N5O3/c1-24-11-15-36-22-30(24)23-40(31-7-9-33(43-6)10-8-31)32-13-17-39(18-14-32)27(4)12-16-37-35(42)34-25(2)19-29(20-26(34)3)21-38-28(5)41/h7-11,15,19-20,22,27,32H,12-14,16-18,21,23H2,1-6H3,(H,37,42)(H,38,41)/t27-/m1/s1. The third-order valence-electron chi connectivity index (χ3n) is 8.66. The fourth-order valence-electron chi connectivity index (χ4n) is 6.09. The normalized spacial score (nSPS) is 14.7. The first-order valence-corrected chi connectivity index (χ1v) is 15.3. The van der Waals surface area contributed by atoms with E-state index in [9.17, 15) is 9.59 Å². The molecule has 0 bridgehead atoms. The van der Waals surface area contributed by atoms with E-state index in [0.717, 1.165) is 66.9 Å². The van der Waals surface area contributed by atoms with Crippen molar-refractivity contribution in [2.75, 3.05) is 31.6 Å². The Morgan fingerprint density at radius 3 is 2.30 bits per heavy atom. The molecule has 8 heteroatoms. The van der Waals surface area contributed by atoms with Gasteiger partial charge in [0, 0.05) is 75.4 Å². The highest BCUT2D eigenvalue weighted by molar-refractivity contribution is 5.97.